The molecule has 0 aliphatic rings. The van der Waals surface area contributed by atoms with Gasteiger partial charge in [-0.1, -0.05) is 25.1 Å². The molecule has 2 aromatic heterocycles. The Morgan fingerprint density at radius 1 is 1.17 bits per heavy atom. The van der Waals surface area contributed by atoms with Crippen molar-refractivity contribution in [3.8, 4) is 0 Å². The van der Waals surface area contributed by atoms with Crippen LogP contribution < -0.4 is 5.32 Å². The first-order valence-corrected chi connectivity index (χ1v) is 7.94. The normalized spacial score (nSPS) is 12.9. The van der Waals surface area contributed by atoms with Gasteiger partial charge in [-0.3, -0.25) is 0 Å². The Labute approximate surface area is 115 Å². The van der Waals surface area contributed by atoms with E-state index in [1.165, 1.54) is 21.2 Å². The van der Waals surface area contributed by atoms with E-state index in [-0.39, 0.29) is 0 Å². The fourth-order valence-corrected chi connectivity index (χ4v) is 3.93. The number of hydrogen-bond acceptors (Lipinski definition) is 3. The second-order valence-corrected chi connectivity index (χ2v) is 5.93. The molecule has 1 N–H and O–H groups in total. The van der Waals surface area contributed by atoms with Crippen LogP contribution in [0.3, 0.4) is 0 Å². The Bertz CT molecular complexity index is 625. The number of benzene rings is 1. The van der Waals surface area contributed by atoms with Gasteiger partial charge in [0, 0.05) is 4.70 Å². The molecule has 0 aliphatic carbocycles. The number of hydrogen-bond donors (Lipinski definition) is 1. The van der Waals surface area contributed by atoms with Crippen molar-refractivity contribution < 1.29 is 0 Å². The lowest BCUT2D eigenvalue weighted by Gasteiger charge is -2.18. The van der Waals surface area contributed by atoms with E-state index in [1.54, 1.807) is 11.3 Å². The first-order valence-electron chi connectivity index (χ1n) is 6.11. The monoisotopic (exact) mass is 273 g/mol. The topological polar surface area (TPSA) is 12.0 Å². The van der Waals surface area contributed by atoms with Crippen LogP contribution in [0, 0.1) is 0 Å². The highest BCUT2D eigenvalue weighted by Crippen LogP contribution is 2.32. The fourth-order valence-electron chi connectivity index (χ4n) is 2.29. The van der Waals surface area contributed by atoms with Crippen molar-refractivity contribution in [1.82, 2.24) is 5.32 Å². The van der Waals surface area contributed by atoms with Gasteiger partial charge < -0.3 is 5.32 Å². The number of nitrogens with one attached hydrogen (secondary N) is 1. The van der Waals surface area contributed by atoms with Crippen molar-refractivity contribution in [2.75, 3.05) is 6.54 Å². The van der Waals surface area contributed by atoms with Gasteiger partial charge in [-0.05, 0) is 51.3 Å². The van der Waals surface area contributed by atoms with Gasteiger partial charge in [-0.25, -0.2) is 0 Å². The number of fused-ring (bicyclic) bond motifs is 1. The lowest BCUT2D eigenvalue weighted by molar-refractivity contribution is 0.637. The maximum absolute atomic E-state index is 3.60. The van der Waals surface area contributed by atoms with Gasteiger partial charge in [-0.2, -0.15) is 11.3 Å². The van der Waals surface area contributed by atoms with Crippen LogP contribution in [0.25, 0.3) is 10.1 Å². The summed E-state index contributed by atoms with van der Waals surface area (Å²) in [4.78, 5) is 0. The average molecular weight is 273 g/mol. The van der Waals surface area contributed by atoms with E-state index >= 15 is 0 Å². The van der Waals surface area contributed by atoms with Crippen LogP contribution in [0.4, 0.5) is 0 Å². The third-order valence-corrected chi connectivity index (χ3v) is 4.79. The van der Waals surface area contributed by atoms with Gasteiger partial charge in [0.05, 0.1) is 6.04 Å². The first kappa shape index (κ1) is 11.9. The van der Waals surface area contributed by atoms with Crippen molar-refractivity contribution in [3.05, 3.63) is 57.6 Å². The molecular formula is C15H15NS2. The van der Waals surface area contributed by atoms with E-state index in [0.29, 0.717) is 6.04 Å². The van der Waals surface area contributed by atoms with Gasteiger partial charge >= 0.3 is 0 Å². The Kier molecular flexibility index (Phi) is 3.46. The summed E-state index contributed by atoms with van der Waals surface area (Å²) in [6.07, 6.45) is 0. The molecule has 1 atom stereocenters. The van der Waals surface area contributed by atoms with Gasteiger partial charge in [0.1, 0.15) is 0 Å². The van der Waals surface area contributed by atoms with Crippen LogP contribution in [0.2, 0.25) is 0 Å². The molecule has 1 nitrogen and oxygen atoms in total. The Hall–Kier alpha value is -1.16. The summed E-state index contributed by atoms with van der Waals surface area (Å²) >= 11 is 3.59. The minimum atomic E-state index is 0.309. The third-order valence-electron chi connectivity index (χ3n) is 3.11. The van der Waals surface area contributed by atoms with Gasteiger partial charge in [0.15, 0.2) is 0 Å². The molecule has 3 rings (SSSR count). The van der Waals surface area contributed by atoms with E-state index in [1.807, 2.05) is 11.3 Å². The Morgan fingerprint density at radius 3 is 2.89 bits per heavy atom. The van der Waals surface area contributed by atoms with Crippen molar-refractivity contribution in [2.24, 2.45) is 0 Å². The summed E-state index contributed by atoms with van der Waals surface area (Å²) < 4.78 is 1.40. The van der Waals surface area contributed by atoms with Crippen LogP contribution in [-0.2, 0) is 0 Å². The van der Waals surface area contributed by atoms with Crippen LogP contribution >= 0.6 is 22.7 Å². The second kappa shape index (κ2) is 5.22. The first-order chi connectivity index (χ1) is 8.90. The summed E-state index contributed by atoms with van der Waals surface area (Å²) in [7, 11) is 0. The maximum Gasteiger partial charge on any atom is 0.0599 e. The zero-order valence-electron chi connectivity index (χ0n) is 10.2. The van der Waals surface area contributed by atoms with E-state index in [4.69, 9.17) is 0 Å². The minimum Gasteiger partial charge on any atom is -0.306 e. The second-order valence-electron chi connectivity index (χ2n) is 4.23. The van der Waals surface area contributed by atoms with Gasteiger partial charge in [0.25, 0.3) is 0 Å². The molecule has 0 spiro atoms. The quantitative estimate of drug-likeness (QED) is 0.729. The lowest BCUT2D eigenvalue weighted by atomic mass is 10.00. The fraction of sp³-hybridized carbons (Fsp3) is 0.200. The molecular weight excluding hydrogens is 258 g/mol. The van der Waals surface area contributed by atoms with E-state index < -0.39 is 0 Å². The van der Waals surface area contributed by atoms with Crippen LogP contribution in [-0.4, -0.2) is 6.54 Å². The highest BCUT2D eigenvalue weighted by atomic mass is 32.1. The summed E-state index contributed by atoms with van der Waals surface area (Å²) in [5, 5.41) is 11.5. The molecule has 1 aromatic carbocycles. The van der Waals surface area contributed by atoms with Gasteiger partial charge in [0.2, 0.25) is 0 Å². The molecule has 3 aromatic rings. The SMILES string of the molecule is CCNC(c1ccsc1)c1cccc2ccsc12. The van der Waals surface area contributed by atoms with Crippen molar-refractivity contribution in [2.45, 2.75) is 13.0 Å². The molecule has 2 heterocycles. The zero-order chi connectivity index (χ0) is 12.4. The molecule has 18 heavy (non-hydrogen) atoms. The molecule has 0 fully saturated rings. The highest BCUT2D eigenvalue weighted by Gasteiger charge is 2.16. The molecule has 92 valence electrons. The van der Waals surface area contributed by atoms with E-state index in [0.717, 1.165) is 6.54 Å². The zero-order valence-corrected chi connectivity index (χ0v) is 11.9. The minimum absolute atomic E-state index is 0.309. The predicted molar refractivity (Wildman–Crippen MR) is 81.7 cm³/mol. The van der Waals surface area contributed by atoms with Crippen molar-refractivity contribution in [1.29, 1.82) is 0 Å². The number of rotatable bonds is 4. The smallest absolute Gasteiger partial charge is 0.0599 e. The molecule has 1 unspecified atom stereocenters. The summed E-state index contributed by atoms with van der Waals surface area (Å²) in [6.45, 7) is 3.14. The number of thiophene rings is 2. The van der Waals surface area contributed by atoms with Gasteiger partial charge in [-0.15, -0.1) is 11.3 Å². The average Bonchev–Trinajstić information content (AvgIpc) is 3.06. The van der Waals surface area contributed by atoms with Crippen LogP contribution in [0.5, 0.6) is 0 Å². The molecule has 0 radical (unpaired) electrons. The van der Waals surface area contributed by atoms with E-state index in [2.05, 4.69) is 58.7 Å². The third kappa shape index (κ3) is 2.09. The molecule has 0 bridgehead atoms. The molecule has 3 heteroatoms. The van der Waals surface area contributed by atoms with Crippen LogP contribution in [0.1, 0.15) is 24.1 Å². The van der Waals surface area contributed by atoms with Crippen LogP contribution in [0.15, 0.2) is 46.5 Å². The molecule has 0 saturated carbocycles. The Morgan fingerprint density at radius 2 is 2.11 bits per heavy atom. The Balaban J connectivity index is 2.12. The summed E-state index contributed by atoms with van der Waals surface area (Å²) in [5.74, 6) is 0. The predicted octanol–water partition coefficient (Wildman–Crippen LogP) is 4.66. The highest BCUT2D eigenvalue weighted by molar-refractivity contribution is 7.17. The standard InChI is InChI=1S/C15H15NS2/c1-2-16-14(12-6-8-17-10-12)13-5-3-4-11-7-9-18-15(11)13/h3-10,14,16H,2H2,1H3. The summed E-state index contributed by atoms with van der Waals surface area (Å²) in [6, 6.07) is 11.3. The van der Waals surface area contributed by atoms with E-state index in [9.17, 15) is 0 Å². The lowest BCUT2D eigenvalue weighted by Crippen LogP contribution is -2.21. The van der Waals surface area contributed by atoms with Crippen molar-refractivity contribution in [3.63, 3.8) is 0 Å². The largest absolute Gasteiger partial charge is 0.306 e. The van der Waals surface area contributed by atoms with Crippen molar-refractivity contribution >= 4 is 32.8 Å². The summed E-state index contributed by atoms with van der Waals surface area (Å²) in [5.41, 5.74) is 2.76. The molecule has 0 saturated heterocycles. The molecule has 0 aliphatic heterocycles. The maximum atomic E-state index is 3.60. The molecule has 0 amide bonds.